The standard InChI is InChI=1S/C18H12F3NO5/c1-26-11-5-3-4-9-13(11)16(24)14-10(15(9)23)6-8(7-12(14)27-2)22-17(25)18(19,20)21/h3-7H,1-2H3,(H,22,25). The highest BCUT2D eigenvalue weighted by Crippen LogP contribution is 2.39. The number of ether oxygens (including phenoxy) is 2. The van der Waals surface area contributed by atoms with Crippen molar-refractivity contribution in [3.63, 3.8) is 0 Å². The maximum Gasteiger partial charge on any atom is 0.471 e. The van der Waals surface area contributed by atoms with Crippen molar-refractivity contribution in [3.8, 4) is 11.5 Å². The van der Waals surface area contributed by atoms with Gasteiger partial charge in [0.25, 0.3) is 0 Å². The molecule has 0 saturated heterocycles. The van der Waals surface area contributed by atoms with Gasteiger partial charge in [-0.25, -0.2) is 0 Å². The average molecular weight is 379 g/mol. The van der Waals surface area contributed by atoms with E-state index in [2.05, 4.69) is 0 Å². The number of nitrogens with one attached hydrogen (secondary N) is 1. The summed E-state index contributed by atoms with van der Waals surface area (Å²) in [5, 5.41) is 1.66. The molecule has 27 heavy (non-hydrogen) atoms. The summed E-state index contributed by atoms with van der Waals surface area (Å²) in [6, 6.07) is 6.51. The number of hydrogen-bond acceptors (Lipinski definition) is 5. The second-order valence-corrected chi connectivity index (χ2v) is 5.59. The summed E-state index contributed by atoms with van der Waals surface area (Å²) in [5.41, 5.74) is -0.501. The molecular formula is C18H12F3NO5. The van der Waals surface area contributed by atoms with Crippen LogP contribution in [0.5, 0.6) is 11.5 Å². The first kappa shape index (κ1) is 18.4. The first-order valence-electron chi connectivity index (χ1n) is 7.55. The van der Waals surface area contributed by atoms with Gasteiger partial charge in [0.1, 0.15) is 11.5 Å². The predicted molar refractivity (Wildman–Crippen MR) is 87.5 cm³/mol. The van der Waals surface area contributed by atoms with Gasteiger partial charge in [0.15, 0.2) is 5.78 Å². The zero-order valence-corrected chi connectivity index (χ0v) is 14.1. The largest absolute Gasteiger partial charge is 0.496 e. The predicted octanol–water partition coefficient (Wildman–Crippen LogP) is 2.98. The fourth-order valence-corrected chi connectivity index (χ4v) is 2.86. The van der Waals surface area contributed by atoms with Gasteiger partial charge in [-0.1, -0.05) is 12.1 Å². The molecule has 0 radical (unpaired) electrons. The average Bonchev–Trinajstić information content (AvgIpc) is 2.63. The number of ketones is 2. The van der Waals surface area contributed by atoms with Crippen LogP contribution in [0, 0.1) is 0 Å². The lowest BCUT2D eigenvalue weighted by molar-refractivity contribution is -0.167. The minimum absolute atomic E-state index is 0.0443. The molecule has 6 nitrogen and oxygen atoms in total. The Morgan fingerprint density at radius 1 is 0.926 bits per heavy atom. The van der Waals surface area contributed by atoms with E-state index in [0.717, 1.165) is 12.1 Å². The number of amides is 1. The quantitative estimate of drug-likeness (QED) is 0.757. The van der Waals surface area contributed by atoms with Gasteiger partial charge in [-0.05, 0) is 12.1 Å². The number of carbonyl (C=O) groups is 3. The molecule has 3 rings (SSSR count). The molecule has 1 N–H and O–H groups in total. The monoisotopic (exact) mass is 379 g/mol. The van der Waals surface area contributed by atoms with E-state index in [0.29, 0.717) is 0 Å². The van der Waals surface area contributed by atoms with Crippen LogP contribution in [-0.2, 0) is 4.79 Å². The van der Waals surface area contributed by atoms with Gasteiger partial charge in [0.05, 0.1) is 25.3 Å². The van der Waals surface area contributed by atoms with Gasteiger partial charge < -0.3 is 14.8 Å². The Morgan fingerprint density at radius 3 is 2.15 bits per heavy atom. The molecule has 0 heterocycles. The molecule has 140 valence electrons. The maximum atomic E-state index is 12.9. The summed E-state index contributed by atoms with van der Waals surface area (Å²) in [5.74, 6) is -3.32. The second kappa shape index (κ2) is 6.42. The Bertz CT molecular complexity index is 982. The van der Waals surface area contributed by atoms with E-state index in [1.165, 1.54) is 32.4 Å². The molecule has 0 aromatic heterocycles. The molecule has 1 aliphatic rings. The first-order chi connectivity index (χ1) is 12.7. The highest BCUT2D eigenvalue weighted by molar-refractivity contribution is 6.30. The Balaban J connectivity index is 2.17. The van der Waals surface area contributed by atoms with E-state index < -0.39 is 23.6 Å². The van der Waals surface area contributed by atoms with Crippen molar-refractivity contribution < 1.29 is 37.0 Å². The maximum absolute atomic E-state index is 12.9. The number of hydrogen-bond donors (Lipinski definition) is 1. The van der Waals surface area contributed by atoms with Crippen LogP contribution in [0.15, 0.2) is 30.3 Å². The lowest BCUT2D eigenvalue weighted by Gasteiger charge is -2.22. The van der Waals surface area contributed by atoms with E-state index in [4.69, 9.17) is 9.47 Å². The van der Waals surface area contributed by atoms with Crippen molar-refractivity contribution in [2.75, 3.05) is 19.5 Å². The van der Waals surface area contributed by atoms with Crippen LogP contribution in [0.2, 0.25) is 0 Å². The number of alkyl halides is 3. The van der Waals surface area contributed by atoms with E-state index in [1.807, 2.05) is 0 Å². The van der Waals surface area contributed by atoms with Crippen LogP contribution < -0.4 is 14.8 Å². The molecule has 0 bridgehead atoms. The topological polar surface area (TPSA) is 81.7 Å². The fraction of sp³-hybridized carbons (Fsp3) is 0.167. The summed E-state index contributed by atoms with van der Waals surface area (Å²) >= 11 is 0. The lowest BCUT2D eigenvalue weighted by Crippen LogP contribution is -2.30. The number of benzene rings is 2. The molecule has 0 fully saturated rings. The summed E-state index contributed by atoms with van der Waals surface area (Å²) in [4.78, 5) is 36.9. The van der Waals surface area contributed by atoms with Gasteiger partial charge in [0.2, 0.25) is 5.78 Å². The van der Waals surface area contributed by atoms with Crippen LogP contribution in [0.25, 0.3) is 0 Å². The number of carbonyl (C=O) groups excluding carboxylic acids is 3. The molecule has 0 atom stereocenters. The molecule has 1 aliphatic carbocycles. The highest BCUT2D eigenvalue weighted by Gasteiger charge is 2.40. The lowest BCUT2D eigenvalue weighted by atomic mass is 9.82. The molecule has 0 saturated carbocycles. The molecule has 1 amide bonds. The van der Waals surface area contributed by atoms with Gasteiger partial charge in [0, 0.05) is 22.9 Å². The van der Waals surface area contributed by atoms with Crippen molar-refractivity contribution >= 4 is 23.2 Å². The molecular weight excluding hydrogens is 367 g/mol. The van der Waals surface area contributed by atoms with Gasteiger partial charge >= 0.3 is 12.1 Å². The summed E-state index contributed by atoms with van der Waals surface area (Å²) in [6.07, 6.45) is -5.11. The van der Waals surface area contributed by atoms with Crippen LogP contribution in [0.4, 0.5) is 18.9 Å². The van der Waals surface area contributed by atoms with E-state index >= 15 is 0 Å². The van der Waals surface area contributed by atoms with Crippen LogP contribution in [0.1, 0.15) is 31.8 Å². The number of halogens is 3. The molecule has 0 unspecified atom stereocenters. The van der Waals surface area contributed by atoms with Crippen LogP contribution in [-0.4, -0.2) is 37.9 Å². The number of rotatable bonds is 3. The molecule has 2 aromatic carbocycles. The van der Waals surface area contributed by atoms with E-state index in [1.54, 1.807) is 5.32 Å². The van der Waals surface area contributed by atoms with Crippen molar-refractivity contribution in [2.24, 2.45) is 0 Å². The van der Waals surface area contributed by atoms with Gasteiger partial charge in [-0.2, -0.15) is 13.2 Å². The third-order valence-corrected chi connectivity index (χ3v) is 4.03. The van der Waals surface area contributed by atoms with Crippen molar-refractivity contribution in [2.45, 2.75) is 6.18 Å². The third-order valence-electron chi connectivity index (χ3n) is 4.03. The first-order valence-corrected chi connectivity index (χ1v) is 7.55. The number of methoxy groups -OCH3 is 2. The van der Waals surface area contributed by atoms with E-state index in [-0.39, 0.29) is 39.4 Å². The van der Waals surface area contributed by atoms with Gasteiger partial charge in [-0.3, -0.25) is 14.4 Å². The highest BCUT2D eigenvalue weighted by atomic mass is 19.4. The van der Waals surface area contributed by atoms with Crippen molar-refractivity contribution in [3.05, 3.63) is 52.6 Å². The normalized spacial score (nSPS) is 12.9. The minimum Gasteiger partial charge on any atom is -0.496 e. The Kier molecular flexibility index (Phi) is 4.38. The van der Waals surface area contributed by atoms with Crippen molar-refractivity contribution in [1.29, 1.82) is 0 Å². The number of fused-ring (bicyclic) bond motifs is 2. The third kappa shape index (κ3) is 3.01. The van der Waals surface area contributed by atoms with Crippen LogP contribution >= 0.6 is 0 Å². The summed E-state index contributed by atoms with van der Waals surface area (Å²) in [6.45, 7) is 0. The van der Waals surface area contributed by atoms with E-state index in [9.17, 15) is 27.6 Å². The zero-order valence-electron chi connectivity index (χ0n) is 14.1. The summed E-state index contributed by atoms with van der Waals surface area (Å²) in [7, 11) is 2.54. The Morgan fingerprint density at radius 2 is 1.56 bits per heavy atom. The fourth-order valence-electron chi connectivity index (χ4n) is 2.86. The van der Waals surface area contributed by atoms with Crippen molar-refractivity contribution in [1.82, 2.24) is 0 Å². The summed E-state index contributed by atoms with van der Waals surface area (Å²) < 4.78 is 47.7. The zero-order chi connectivity index (χ0) is 19.9. The molecule has 2 aromatic rings. The second-order valence-electron chi connectivity index (χ2n) is 5.59. The smallest absolute Gasteiger partial charge is 0.471 e. The molecule has 0 aliphatic heterocycles. The SMILES string of the molecule is COc1cccc2c1C(=O)c1c(OC)cc(NC(=O)C(F)(F)F)cc1C2=O. The molecule has 0 spiro atoms. The number of anilines is 1. The minimum atomic E-state index is -5.11. The van der Waals surface area contributed by atoms with Crippen LogP contribution in [0.3, 0.4) is 0 Å². The van der Waals surface area contributed by atoms with Gasteiger partial charge in [-0.15, -0.1) is 0 Å². The Labute approximate surface area is 150 Å². The Hall–Kier alpha value is -3.36. The molecule has 9 heteroatoms.